The maximum Gasteiger partial charge on any atom is 0.308 e. The Morgan fingerprint density at radius 3 is 2.71 bits per heavy atom. The summed E-state index contributed by atoms with van der Waals surface area (Å²) in [5.74, 6) is -1.04. The summed E-state index contributed by atoms with van der Waals surface area (Å²) in [4.78, 5) is 22.7. The van der Waals surface area contributed by atoms with Crippen LogP contribution in [-0.2, 0) is 11.2 Å². The zero-order valence-corrected chi connectivity index (χ0v) is 9.61. The molecule has 88 valence electrons. The smallest absolute Gasteiger partial charge is 0.308 e. The van der Waals surface area contributed by atoms with E-state index in [9.17, 15) is 9.59 Å². The van der Waals surface area contributed by atoms with Gasteiger partial charge in [-0.3, -0.25) is 9.59 Å². The standard InChI is InChI=1S/C13H12O4/c1-7-3-8(2)13-10(4-7)12(16)9(6-17-13)5-11(14)15/h3-4,6H,5H2,1-2H3,(H,14,15). The monoisotopic (exact) mass is 232 g/mol. The third-order valence-corrected chi connectivity index (χ3v) is 2.62. The van der Waals surface area contributed by atoms with Crippen LogP contribution in [0, 0.1) is 13.8 Å². The highest BCUT2D eigenvalue weighted by molar-refractivity contribution is 5.82. The quantitative estimate of drug-likeness (QED) is 0.860. The van der Waals surface area contributed by atoms with Gasteiger partial charge in [-0.1, -0.05) is 6.07 Å². The van der Waals surface area contributed by atoms with Gasteiger partial charge in [0, 0.05) is 5.56 Å². The van der Waals surface area contributed by atoms with Gasteiger partial charge in [-0.25, -0.2) is 0 Å². The second-order valence-corrected chi connectivity index (χ2v) is 4.12. The van der Waals surface area contributed by atoms with Gasteiger partial charge in [0.25, 0.3) is 0 Å². The highest BCUT2D eigenvalue weighted by atomic mass is 16.4. The Bertz CT molecular complexity index is 652. The van der Waals surface area contributed by atoms with Crippen molar-refractivity contribution in [2.45, 2.75) is 20.3 Å². The first kappa shape index (κ1) is 11.4. The van der Waals surface area contributed by atoms with Crippen LogP contribution in [0.2, 0.25) is 0 Å². The van der Waals surface area contributed by atoms with E-state index in [1.165, 1.54) is 6.26 Å². The van der Waals surface area contributed by atoms with Gasteiger partial charge in [-0.2, -0.15) is 0 Å². The van der Waals surface area contributed by atoms with E-state index in [-0.39, 0.29) is 17.4 Å². The summed E-state index contributed by atoms with van der Waals surface area (Å²) in [6, 6.07) is 3.64. The molecular formula is C13H12O4. The summed E-state index contributed by atoms with van der Waals surface area (Å²) >= 11 is 0. The molecule has 2 aromatic rings. The lowest BCUT2D eigenvalue weighted by Crippen LogP contribution is -2.13. The molecule has 0 radical (unpaired) electrons. The number of carboxylic acids is 1. The van der Waals surface area contributed by atoms with Crippen LogP contribution in [0.15, 0.2) is 27.6 Å². The van der Waals surface area contributed by atoms with Gasteiger partial charge < -0.3 is 9.52 Å². The maximum atomic E-state index is 12.0. The van der Waals surface area contributed by atoms with Crippen LogP contribution >= 0.6 is 0 Å². The van der Waals surface area contributed by atoms with Crippen LogP contribution in [0.5, 0.6) is 0 Å². The van der Waals surface area contributed by atoms with Crippen LogP contribution in [0.1, 0.15) is 16.7 Å². The molecule has 4 heteroatoms. The second-order valence-electron chi connectivity index (χ2n) is 4.12. The van der Waals surface area contributed by atoms with Gasteiger partial charge in [0.1, 0.15) is 5.58 Å². The number of fused-ring (bicyclic) bond motifs is 1. The Hall–Kier alpha value is -2.10. The number of hydrogen-bond donors (Lipinski definition) is 1. The highest BCUT2D eigenvalue weighted by Gasteiger charge is 2.11. The van der Waals surface area contributed by atoms with Crippen molar-refractivity contribution in [1.29, 1.82) is 0 Å². The number of carboxylic acid groups (broad SMARTS) is 1. The van der Waals surface area contributed by atoms with Crippen LogP contribution in [0.25, 0.3) is 11.0 Å². The van der Waals surface area contributed by atoms with E-state index in [0.717, 1.165) is 11.1 Å². The van der Waals surface area contributed by atoms with Crippen molar-refractivity contribution in [1.82, 2.24) is 0 Å². The first-order chi connectivity index (χ1) is 7.99. The van der Waals surface area contributed by atoms with Crippen molar-refractivity contribution in [2.75, 3.05) is 0 Å². The van der Waals surface area contributed by atoms with Crippen molar-refractivity contribution in [3.63, 3.8) is 0 Å². The van der Waals surface area contributed by atoms with E-state index < -0.39 is 5.97 Å². The third kappa shape index (κ3) is 2.06. The van der Waals surface area contributed by atoms with E-state index >= 15 is 0 Å². The zero-order chi connectivity index (χ0) is 12.6. The van der Waals surface area contributed by atoms with Gasteiger partial charge in [-0.05, 0) is 31.0 Å². The number of carbonyl (C=O) groups is 1. The van der Waals surface area contributed by atoms with Gasteiger partial charge in [0.05, 0.1) is 18.1 Å². The molecule has 0 aliphatic rings. The molecule has 0 bridgehead atoms. The normalized spacial score (nSPS) is 10.7. The SMILES string of the molecule is Cc1cc(C)c2occ(CC(=O)O)c(=O)c2c1. The largest absolute Gasteiger partial charge is 0.481 e. The second kappa shape index (κ2) is 4.05. The molecule has 0 saturated carbocycles. The molecule has 1 N–H and O–H groups in total. The minimum atomic E-state index is -1.04. The highest BCUT2D eigenvalue weighted by Crippen LogP contribution is 2.18. The lowest BCUT2D eigenvalue weighted by molar-refractivity contribution is -0.136. The molecule has 1 heterocycles. The number of rotatable bonds is 2. The first-order valence-corrected chi connectivity index (χ1v) is 5.22. The molecule has 4 nitrogen and oxygen atoms in total. The molecule has 0 amide bonds. The van der Waals surface area contributed by atoms with Crippen molar-refractivity contribution in [3.05, 3.63) is 45.3 Å². The predicted octanol–water partition coefficient (Wildman–Crippen LogP) is 2.04. The molecule has 0 aliphatic carbocycles. The van der Waals surface area contributed by atoms with Crippen LogP contribution in [0.4, 0.5) is 0 Å². The maximum absolute atomic E-state index is 12.0. The molecule has 0 atom stereocenters. The summed E-state index contributed by atoms with van der Waals surface area (Å²) in [7, 11) is 0. The lowest BCUT2D eigenvalue weighted by Gasteiger charge is -2.04. The number of aliphatic carboxylic acids is 1. The molecule has 0 spiro atoms. The van der Waals surface area contributed by atoms with Crippen molar-refractivity contribution in [2.24, 2.45) is 0 Å². The van der Waals surface area contributed by atoms with Crippen molar-refractivity contribution >= 4 is 16.9 Å². The van der Waals surface area contributed by atoms with Crippen molar-refractivity contribution in [3.8, 4) is 0 Å². The summed E-state index contributed by atoms with van der Waals surface area (Å²) in [6.45, 7) is 3.74. The van der Waals surface area contributed by atoms with Gasteiger partial charge in [0.15, 0.2) is 5.43 Å². The van der Waals surface area contributed by atoms with Gasteiger partial charge in [-0.15, -0.1) is 0 Å². The minimum Gasteiger partial charge on any atom is -0.481 e. The molecule has 0 unspecified atom stereocenters. The molecule has 0 aliphatic heterocycles. The lowest BCUT2D eigenvalue weighted by atomic mass is 10.1. The Kier molecular flexibility index (Phi) is 2.71. The topological polar surface area (TPSA) is 67.5 Å². The Labute approximate surface area is 97.5 Å². The Balaban J connectivity index is 2.75. The van der Waals surface area contributed by atoms with Crippen LogP contribution in [-0.4, -0.2) is 11.1 Å². The van der Waals surface area contributed by atoms with E-state index in [4.69, 9.17) is 9.52 Å². The fourth-order valence-electron chi connectivity index (χ4n) is 1.92. The van der Waals surface area contributed by atoms with Crippen molar-refractivity contribution < 1.29 is 14.3 Å². The summed E-state index contributed by atoms with van der Waals surface area (Å²) < 4.78 is 5.35. The van der Waals surface area contributed by atoms with Gasteiger partial charge >= 0.3 is 5.97 Å². The van der Waals surface area contributed by atoms with Crippen LogP contribution in [0.3, 0.4) is 0 Å². The minimum absolute atomic E-state index is 0.176. The predicted molar refractivity (Wildman–Crippen MR) is 63.3 cm³/mol. The molecule has 0 saturated heterocycles. The Morgan fingerprint density at radius 1 is 1.35 bits per heavy atom. The first-order valence-electron chi connectivity index (χ1n) is 5.22. The fraction of sp³-hybridized carbons (Fsp3) is 0.231. The third-order valence-electron chi connectivity index (χ3n) is 2.62. The Morgan fingerprint density at radius 2 is 2.06 bits per heavy atom. The van der Waals surface area contributed by atoms with E-state index in [1.54, 1.807) is 6.07 Å². The average Bonchev–Trinajstić information content (AvgIpc) is 2.22. The molecule has 0 fully saturated rings. The molecule has 17 heavy (non-hydrogen) atoms. The number of benzene rings is 1. The van der Waals surface area contributed by atoms with E-state index in [2.05, 4.69) is 0 Å². The summed E-state index contributed by atoms with van der Waals surface area (Å²) in [5, 5.41) is 9.14. The molecule has 1 aromatic heterocycles. The fourth-order valence-corrected chi connectivity index (χ4v) is 1.92. The summed E-state index contributed by atoms with van der Waals surface area (Å²) in [5.41, 5.74) is 2.26. The molecular weight excluding hydrogens is 220 g/mol. The molecule has 2 rings (SSSR count). The summed E-state index contributed by atoms with van der Waals surface area (Å²) in [6.07, 6.45) is 0.923. The van der Waals surface area contributed by atoms with E-state index in [1.807, 2.05) is 19.9 Å². The number of hydrogen-bond acceptors (Lipinski definition) is 3. The van der Waals surface area contributed by atoms with E-state index in [0.29, 0.717) is 11.0 Å². The van der Waals surface area contributed by atoms with Gasteiger partial charge in [0.2, 0.25) is 0 Å². The zero-order valence-electron chi connectivity index (χ0n) is 9.61. The number of aryl methyl sites for hydroxylation is 2. The average molecular weight is 232 g/mol. The molecule has 1 aromatic carbocycles. The van der Waals surface area contributed by atoms with Crippen LogP contribution < -0.4 is 5.43 Å².